The van der Waals surface area contributed by atoms with Gasteiger partial charge in [0.1, 0.15) is 5.82 Å². The van der Waals surface area contributed by atoms with Crippen molar-refractivity contribution in [2.24, 2.45) is 5.92 Å². The fourth-order valence-corrected chi connectivity index (χ4v) is 2.10. The third-order valence-corrected chi connectivity index (χ3v) is 3.44. The molecule has 1 fully saturated rings. The summed E-state index contributed by atoms with van der Waals surface area (Å²) in [5, 5.41) is 0. The lowest BCUT2D eigenvalue weighted by Gasteiger charge is -2.17. The maximum absolute atomic E-state index is 5.85. The maximum Gasteiger partial charge on any atom is 0.147 e. The molecule has 1 saturated heterocycles. The summed E-state index contributed by atoms with van der Waals surface area (Å²) < 4.78 is 0. The number of aryl methyl sites for hydroxylation is 2. The van der Waals surface area contributed by atoms with Crippen molar-refractivity contribution in [2.45, 2.75) is 20.3 Å². The molecule has 1 aromatic rings. The molecule has 15 heavy (non-hydrogen) atoms. The number of rotatable bonds is 2. The minimum Gasteiger partial charge on any atom is -0.355 e. The highest BCUT2D eigenvalue weighted by Gasteiger charge is 2.22. The van der Waals surface area contributed by atoms with Gasteiger partial charge >= 0.3 is 0 Å². The Morgan fingerprint density at radius 1 is 1.47 bits per heavy atom. The zero-order chi connectivity index (χ0) is 10.8. The van der Waals surface area contributed by atoms with Crippen LogP contribution in [0.2, 0.25) is 0 Å². The summed E-state index contributed by atoms with van der Waals surface area (Å²) in [5.41, 5.74) is 2.02. The van der Waals surface area contributed by atoms with Gasteiger partial charge in [0.25, 0.3) is 0 Å². The van der Waals surface area contributed by atoms with Crippen molar-refractivity contribution in [3.8, 4) is 0 Å². The zero-order valence-corrected chi connectivity index (χ0v) is 9.96. The van der Waals surface area contributed by atoms with E-state index in [1.807, 2.05) is 20.0 Å². The van der Waals surface area contributed by atoms with Gasteiger partial charge in [-0.15, -0.1) is 11.6 Å². The molecule has 4 heteroatoms. The van der Waals surface area contributed by atoms with Crippen LogP contribution in [0.1, 0.15) is 17.8 Å². The fourth-order valence-electron chi connectivity index (χ4n) is 1.85. The molecular weight excluding hydrogens is 210 g/mol. The minimum absolute atomic E-state index is 0.607. The molecule has 2 rings (SSSR count). The highest BCUT2D eigenvalue weighted by molar-refractivity contribution is 6.18. The summed E-state index contributed by atoms with van der Waals surface area (Å²) >= 11 is 5.85. The number of aromatic nitrogens is 2. The van der Waals surface area contributed by atoms with Crippen LogP contribution >= 0.6 is 11.6 Å². The van der Waals surface area contributed by atoms with Gasteiger partial charge in [0.05, 0.1) is 17.6 Å². The van der Waals surface area contributed by atoms with Crippen molar-refractivity contribution in [1.82, 2.24) is 9.97 Å². The molecule has 1 aliphatic rings. The highest BCUT2D eigenvalue weighted by Crippen LogP contribution is 2.22. The normalized spacial score (nSPS) is 21.0. The van der Waals surface area contributed by atoms with Crippen LogP contribution in [0.25, 0.3) is 0 Å². The van der Waals surface area contributed by atoms with Crippen LogP contribution in [0.4, 0.5) is 5.82 Å². The topological polar surface area (TPSA) is 29.0 Å². The van der Waals surface area contributed by atoms with Crippen LogP contribution in [0.5, 0.6) is 0 Å². The summed E-state index contributed by atoms with van der Waals surface area (Å²) in [7, 11) is 0. The first kappa shape index (κ1) is 10.7. The number of hydrogen-bond acceptors (Lipinski definition) is 3. The van der Waals surface area contributed by atoms with Crippen molar-refractivity contribution in [2.75, 3.05) is 23.9 Å². The SMILES string of the molecule is Cc1ncc(N2CCC(CCl)C2)nc1C. The quantitative estimate of drug-likeness (QED) is 0.723. The van der Waals surface area contributed by atoms with Gasteiger partial charge < -0.3 is 4.90 Å². The largest absolute Gasteiger partial charge is 0.355 e. The zero-order valence-electron chi connectivity index (χ0n) is 9.20. The maximum atomic E-state index is 5.85. The van der Waals surface area contributed by atoms with Gasteiger partial charge in [-0.05, 0) is 26.2 Å². The standard InChI is InChI=1S/C11H16ClN3/c1-8-9(2)14-11(6-13-8)15-4-3-10(5-12)7-15/h6,10H,3-5,7H2,1-2H3. The fraction of sp³-hybridized carbons (Fsp3) is 0.636. The monoisotopic (exact) mass is 225 g/mol. The van der Waals surface area contributed by atoms with E-state index in [0.717, 1.165) is 42.6 Å². The average Bonchev–Trinajstić information content (AvgIpc) is 2.70. The molecule has 1 unspecified atom stereocenters. The lowest BCUT2D eigenvalue weighted by molar-refractivity contribution is 0.666. The molecule has 0 aromatic carbocycles. The van der Waals surface area contributed by atoms with E-state index in [0.29, 0.717) is 5.92 Å². The van der Waals surface area contributed by atoms with Crippen LogP contribution in [0.3, 0.4) is 0 Å². The van der Waals surface area contributed by atoms with E-state index in [2.05, 4.69) is 14.9 Å². The Bertz CT molecular complexity index is 354. The van der Waals surface area contributed by atoms with Crippen molar-refractivity contribution in [3.63, 3.8) is 0 Å². The van der Waals surface area contributed by atoms with Gasteiger partial charge in [-0.2, -0.15) is 0 Å². The van der Waals surface area contributed by atoms with Crippen LogP contribution < -0.4 is 4.90 Å². The van der Waals surface area contributed by atoms with Crippen LogP contribution in [-0.4, -0.2) is 28.9 Å². The number of nitrogens with zero attached hydrogens (tertiary/aromatic N) is 3. The summed E-state index contributed by atoms with van der Waals surface area (Å²) in [5.74, 6) is 2.34. The second-order valence-corrected chi connectivity index (χ2v) is 4.46. The molecule has 1 atom stereocenters. The number of hydrogen-bond donors (Lipinski definition) is 0. The highest BCUT2D eigenvalue weighted by atomic mass is 35.5. The summed E-state index contributed by atoms with van der Waals surface area (Å²) in [6.45, 7) is 6.05. The van der Waals surface area contributed by atoms with E-state index in [-0.39, 0.29) is 0 Å². The molecule has 2 heterocycles. The Hall–Kier alpha value is -0.830. The Morgan fingerprint density at radius 2 is 2.27 bits per heavy atom. The number of halogens is 1. The van der Waals surface area contributed by atoms with Crippen LogP contribution in [-0.2, 0) is 0 Å². The lowest BCUT2D eigenvalue weighted by Crippen LogP contribution is -2.21. The van der Waals surface area contributed by atoms with Crippen molar-refractivity contribution < 1.29 is 0 Å². The Morgan fingerprint density at radius 3 is 2.87 bits per heavy atom. The first-order chi connectivity index (χ1) is 7.20. The first-order valence-corrected chi connectivity index (χ1v) is 5.85. The first-order valence-electron chi connectivity index (χ1n) is 5.32. The third-order valence-electron chi connectivity index (χ3n) is 3.01. The van der Waals surface area contributed by atoms with Gasteiger partial charge in [0.2, 0.25) is 0 Å². The Balaban J connectivity index is 2.13. The molecule has 0 bridgehead atoms. The molecule has 82 valence electrons. The summed E-state index contributed by atoms with van der Waals surface area (Å²) in [6, 6.07) is 0. The molecule has 3 nitrogen and oxygen atoms in total. The van der Waals surface area contributed by atoms with Gasteiger partial charge in [0, 0.05) is 19.0 Å². The lowest BCUT2D eigenvalue weighted by atomic mass is 10.2. The predicted octanol–water partition coefficient (Wildman–Crippen LogP) is 2.16. The number of alkyl halides is 1. The molecule has 0 saturated carbocycles. The van der Waals surface area contributed by atoms with E-state index in [9.17, 15) is 0 Å². The number of anilines is 1. The molecule has 0 N–H and O–H groups in total. The second-order valence-electron chi connectivity index (χ2n) is 4.15. The van der Waals surface area contributed by atoms with Crippen LogP contribution in [0.15, 0.2) is 6.20 Å². The van der Waals surface area contributed by atoms with Gasteiger partial charge in [-0.25, -0.2) is 4.98 Å². The minimum atomic E-state index is 0.607. The molecule has 0 spiro atoms. The van der Waals surface area contributed by atoms with Crippen molar-refractivity contribution >= 4 is 17.4 Å². The molecular formula is C11H16ClN3. The van der Waals surface area contributed by atoms with E-state index in [4.69, 9.17) is 11.6 Å². The Kier molecular flexibility index (Phi) is 3.10. The predicted molar refractivity (Wildman–Crippen MR) is 62.5 cm³/mol. The smallest absolute Gasteiger partial charge is 0.147 e. The Labute approximate surface area is 95.5 Å². The molecule has 0 aliphatic carbocycles. The van der Waals surface area contributed by atoms with E-state index in [1.165, 1.54) is 0 Å². The van der Waals surface area contributed by atoms with Gasteiger partial charge in [-0.1, -0.05) is 0 Å². The molecule has 1 aliphatic heterocycles. The summed E-state index contributed by atoms with van der Waals surface area (Å²) in [6.07, 6.45) is 3.02. The van der Waals surface area contributed by atoms with E-state index < -0.39 is 0 Å². The molecule has 0 radical (unpaired) electrons. The van der Waals surface area contributed by atoms with Gasteiger partial charge in [-0.3, -0.25) is 4.98 Å². The van der Waals surface area contributed by atoms with Crippen molar-refractivity contribution in [1.29, 1.82) is 0 Å². The van der Waals surface area contributed by atoms with E-state index in [1.54, 1.807) is 0 Å². The molecule has 1 aromatic heterocycles. The summed E-state index contributed by atoms with van der Waals surface area (Å²) in [4.78, 5) is 11.2. The second kappa shape index (κ2) is 4.35. The van der Waals surface area contributed by atoms with Gasteiger partial charge in [0.15, 0.2) is 0 Å². The average molecular weight is 226 g/mol. The van der Waals surface area contributed by atoms with Crippen molar-refractivity contribution in [3.05, 3.63) is 17.6 Å². The van der Waals surface area contributed by atoms with E-state index >= 15 is 0 Å². The third kappa shape index (κ3) is 2.23. The van der Waals surface area contributed by atoms with Crippen LogP contribution in [0, 0.1) is 19.8 Å². The molecule has 0 amide bonds.